The van der Waals surface area contributed by atoms with Gasteiger partial charge in [-0.2, -0.15) is 5.10 Å². The van der Waals surface area contributed by atoms with Crippen molar-refractivity contribution in [1.29, 1.82) is 0 Å². The molecule has 0 aliphatic heterocycles. The average Bonchev–Trinajstić information content (AvgIpc) is 2.88. The van der Waals surface area contributed by atoms with Crippen molar-refractivity contribution in [3.05, 3.63) is 46.0 Å². The van der Waals surface area contributed by atoms with Crippen molar-refractivity contribution in [3.63, 3.8) is 0 Å². The second-order valence-corrected chi connectivity index (χ2v) is 7.84. The predicted molar refractivity (Wildman–Crippen MR) is 96.4 cm³/mol. The van der Waals surface area contributed by atoms with E-state index in [-0.39, 0.29) is 17.5 Å². The van der Waals surface area contributed by atoms with Gasteiger partial charge in [-0.1, -0.05) is 26.8 Å². The fourth-order valence-electron chi connectivity index (χ4n) is 2.54. The summed E-state index contributed by atoms with van der Waals surface area (Å²) in [5, 5.41) is 20.1. The van der Waals surface area contributed by atoms with Crippen LogP contribution in [0.2, 0.25) is 0 Å². The molecule has 25 heavy (non-hydrogen) atoms. The summed E-state index contributed by atoms with van der Waals surface area (Å²) in [6, 6.07) is 6.54. The predicted octanol–water partition coefficient (Wildman–Crippen LogP) is 1.86. The minimum Gasteiger partial charge on any atom is -0.378 e. The van der Waals surface area contributed by atoms with Crippen LogP contribution in [0, 0.1) is 12.3 Å². The molecule has 0 aromatic carbocycles. The van der Waals surface area contributed by atoms with Gasteiger partial charge in [0, 0.05) is 23.5 Å². The summed E-state index contributed by atoms with van der Waals surface area (Å²) in [5.41, 5.74) is -0.351. The van der Waals surface area contributed by atoms with Gasteiger partial charge in [0.15, 0.2) is 11.4 Å². The summed E-state index contributed by atoms with van der Waals surface area (Å²) in [6.07, 6.45) is 0.783. The van der Waals surface area contributed by atoms with E-state index in [2.05, 4.69) is 36.3 Å². The number of aromatic nitrogens is 3. The highest BCUT2D eigenvalue weighted by Crippen LogP contribution is 2.21. The quantitative estimate of drug-likeness (QED) is 0.769. The third kappa shape index (κ3) is 5.03. The Bertz CT molecular complexity index is 812. The van der Waals surface area contributed by atoms with Crippen LogP contribution in [0.25, 0.3) is 0 Å². The van der Waals surface area contributed by atoms with Gasteiger partial charge in [0.25, 0.3) is 11.5 Å². The number of nitrogens with zero attached hydrogens (tertiary/aromatic N) is 2. The highest BCUT2D eigenvalue weighted by atomic mass is 16.3. The van der Waals surface area contributed by atoms with Crippen LogP contribution >= 0.6 is 0 Å². The molecule has 2 aromatic rings. The van der Waals surface area contributed by atoms with Crippen molar-refractivity contribution in [1.82, 2.24) is 14.8 Å². The van der Waals surface area contributed by atoms with E-state index in [1.807, 2.05) is 0 Å². The first-order valence-corrected chi connectivity index (χ1v) is 8.22. The molecule has 0 bridgehead atoms. The number of carbonyl (C=O) groups excluding carboxylic acids is 1. The number of anilines is 1. The third-order valence-corrected chi connectivity index (χ3v) is 3.82. The molecule has 2 rings (SSSR count). The number of amides is 1. The fraction of sp³-hybridized carbons (Fsp3) is 0.500. The third-order valence-electron chi connectivity index (χ3n) is 3.82. The number of carbonyl (C=O) groups is 1. The maximum absolute atomic E-state index is 12.4. The number of hydrogen-bond donors (Lipinski definition) is 3. The highest BCUT2D eigenvalue weighted by Gasteiger charge is 2.32. The van der Waals surface area contributed by atoms with Gasteiger partial charge in [-0.25, -0.2) is 0 Å². The summed E-state index contributed by atoms with van der Waals surface area (Å²) >= 11 is 0. The van der Waals surface area contributed by atoms with Crippen molar-refractivity contribution in [2.24, 2.45) is 5.41 Å². The van der Waals surface area contributed by atoms with E-state index in [4.69, 9.17) is 0 Å². The Morgan fingerprint density at radius 3 is 2.60 bits per heavy atom. The lowest BCUT2D eigenvalue weighted by molar-refractivity contribution is -0.133. The zero-order chi connectivity index (χ0) is 18.8. The molecular formula is C18H26N4O3. The Balaban J connectivity index is 2.10. The van der Waals surface area contributed by atoms with Crippen LogP contribution in [0.15, 0.2) is 29.1 Å². The number of aliphatic hydroxyl groups is 1. The van der Waals surface area contributed by atoms with Crippen molar-refractivity contribution >= 4 is 11.7 Å². The number of hydrogen-bond acceptors (Lipinski definition) is 4. The van der Waals surface area contributed by atoms with Gasteiger partial charge in [-0.15, -0.1) is 0 Å². The number of H-pyrrole nitrogens is 1. The molecule has 7 nitrogen and oxygen atoms in total. The van der Waals surface area contributed by atoms with Gasteiger partial charge in [-0.05, 0) is 31.7 Å². The van der Waals surface area contributed by atoms with Crippen molar-refractivity contribution in [2.75, 3.05) is 5.32 Å². The monoisotopic (exact) mass is 346 g/mol. The summed E-state index contributed by atoms with van der Waals surface area (Å²) in [5.74, 6) is -0.266. The molecule has 0 unspecified atom stereocenters. The maximum atomic E-state index is 12.4. The first kappa shape index (κ1) is 18.9. The van der Waals surface area contributed by atoms with E-state index in [0.717, 1.165) is 12.1 Å². The number of aromatic amines is 1. The van der Waals surface area contributed by atoms with Crippen LogP contribution < -0.4 is 10.9 Å². The molecule has 0 radical (unpaired) electrons. The molecule has 1 amide bonds. The smallest absolute Gasteiger partial charge is 0.259 e. The van der Waals surface area contributed by atoms with Gasteiger partial charge in [0.05, 0.1) is 6.54 Å². The lowest BCUT2D eigenvalue weighted by Gasteiger charge is -2.23. The van der Waals surface area contributed by atoms with Crippen molar-refractivity contribution in [3.8, 4) is 0 Å². The van der Waals surface area contributed by atoms with Crippen LogP contribution in [-0.2, 0) is 17.8 Å². The zero-order valence-corrected chi connectivity index (χ0v) is 15.4. The molecule has 2 heterocycles. The summed E-state index contributed by atoms with van der Waals surface area (Å²) in [7, 11) is 0. The molecule has 2 aromatic heterocycles. The summed E-state index contributed by atoms with van der Waals surface area (Å²) in [4.78, 5) is 24.4. The van der Waals surface area contributed by atoms with Crippen LogP contribution in [0.1, 0.15) is 39.1 Å². The topological polar surface area (TPSA) is 100 Å². The minimum absolute atomic E-state index is 0.0886. The highest BCUT2D eigenvalue weighted by molar-refractivity contribution is 5.96. The van der Waals surface area contributed by atoms with E-state index in [1.54, 1.807) is 25.1 Å². The van der Waals surface area contributed by atoms with E-state index in [0.29, 0.717) is 11.5 Å². The summed E-state index contributed by atoms with van der Waals surface area (Å²) < 4.78 is 1.37. The fourth-order valence-corrected chi connectivity index (χ4v) is 2.54. The Labute approximate surface area is 147 Å². The van der Waals surface area contributed by atoms with Crippen molar-refractivity contribution in [2.45, 2.75) is 53.2 Å². The molecular weight excluding hydrogens is 320 g/mol. The number of pyridine rings is 1. The van der Waals surface area contributed by atoms with E-state index >= 15 is 0 Å². The molecule has 0 saturated heterocycles. The van der Waals surface area contributed by atoms with Crippen LogP contribution in [-0.4, -0.2) is 31.4 Å². The van der Waals surface area contributed by atoms with E-state index in [9.17, 15) is 14.7 Å². The van der Waals surface area contributed by atoms with Gasteiger partial charge in [0.2, 0.25) is 0 Å². The maximum Gasteiger partial charge on any atom is 0.259 e. The van der Waals surface area contributed by atoms with Gasteiger partial charge in [0.1, 0.15) is 0 Å². The molecule has 0 spiro atoms. The minimum atomic E-state index is -1.75. The van der Waals surface area contributed by atoms with Crippen LogP contribution in [0.5, 0.6) is 0 Å². The Morgan fingerprint density at radius 1 is 1.32 bits per heavy atom. The molecule has 0 aliphatic carbocycles. The number of rotatable bonds is 5. The molecule has 1 atom stereocenters. The number of nitrogens with one attached hydrogen (secondary N) is 2. The molecule has 7 heteroatoms. The first-order valence-electron chi connectivity index (χ1n) is 8.22. The molecule has 0 saturated carbocycles. The van der Waals surface area contributed by atoms with Crippen LogP contribution in [0.3, 0.4) is 0 Å². The second kappa shape index (κ2) is 6.84. The lowest BCUT2D eigenvalue weighted by atomic mass is 9.91. The zero-order valence-electron chi connectivity index (χ0n) is 15.4. The first-order chi connectivity index (χ1) is 11.5. The molecule has 0 aliphatic rings. The van der Waals surface area contributed by atoms with E-state index in [1.165, 1.54) is 17.6 Å². The Hall–Kier alpha value is -2.41. The lowest BCUT2D eigenvalue weighted by Crippen LogP contribution is -2.46. The Morgan fingerprint density at radius 2 is 2.00 bits per heavy atom. The molecule has 0 fully saturated rings. The van der Waals surface area contributed by atoms with E-state index < -0.39 is 11.5 Å². The van der Waals surface area contributed by atoms with Gasteiger partial charge < -0.3 is 15.0 Å². The van der Waals surface area contributed by atoms with Gasteiger partial charge >= 0.3 is 0 Å². The normalized spacial score (nSPS) is 14.2. The van der Waals surface area contributed by atoms with Crippen molar-refractivity contribution < 1.29 is 9.90 Å². The largest absolute Gasteiger partial charge is 0.378 e. The average molecular weight is 346 g/mol. The molecule has 3 N–H and O–H groups in total. The standard InChI is InChI=1S/C18H26N4O3/c1-12-7-6-8-15(23)22(12)11-18(5,25)16(24)19-14-9-13(20-21-14)10-17(2,3)4/h6-9,25H,10-11H2,1-5H3,(H2,19,20,21,24)/t18-/m0/s1. The molecule has 136 valence electrons. The summed E-state index contributed by atoms with van der Waals surface area (Å²) in [6.45, 7) is 9.32. The second-order valence-electron chi connectivity index (χ2n) is 7.84. The SMILES string of the molecule is Cc1cccc(=O)n1C[C@](C)(O)C(=O)Nc1cc(CC(C)(C)C)[nH]n1. The number of aryl methyl sites for hydroxylation is 1. The van der Waals surface area contributed by atoms with Crippen LogP contribution in [0.4, 0.5) is 5.82 Å². The Kier molecular flexibility index (Phi) is 5.17. The van der Waals surface area contributed by atoms with Gasteiger partial charge in [-0.3, -0.25) is 14.7 Å².